The van der Waals surface area contributed by atoms with Gasteiger partial charge < -0.3 is 20.5 Å². The first-order valence-corrected chi connectivity index (χ1v) is 11.4. The minimum Gasteiger partial charge on any atom is -0.383 e. The van der Waals surface area contributed by atoms with Crippen LogP contribution in [0.15, 0.2) is 46.1 Å². The van der Waals surface area contributed by atoms with Crippen molar-refractivity contribution in [2.24, 2.45) is 10.9 Å². The summed E-state index contributed by atoms with van der Waals surface area (Å²) in [4.78, 5) is 4.64. The molecule has 1 fully saturated rings. The van der Waals surface area contributed by atoms with Gasteiger partial charge in [0, 0.05) is 25.6 Å². The second-order valence-corrected chi connectivity index (χ2v) is 8.75. The summed E-state index contributed by atoms with van der Waals surface area (Å²) in [6, 6.07) is 10.6. The van der Waals surface area contributed by atoms with Crippen LogP contribution >= 0.6 is 11.3 Å². The number of rotatable bonds is 7. The molecule has 5 nitrogen and oxygen atoms in total. The van der Waals surface area contributed by atoms with Crippen molar-refractivity contribution in [1.82, 2.24) is 10.6 Å². The molecule has 3 rings (SSSR count). The average Bonchev–Trinajstić information content (AvgIpc) is 3.27. The molecule has 1 aliphatic rings. The van der Waals surface area contributed by atoms with Crippen LogP contribution in [0.4, 0.5) is 0 Å². The third-order valence-corrected chi connectivity index (χ3v) is 6.10. The van der Waals surface area contributed by atoms with E-state index in [1.165, 1.54) is 11.1 Å². The van der Waals surface area contributed by atoms with Crippen molar-refractivity contribution in [3.63, 3.8) is 0 Å². The normalized spacial score (nSPS) is 22.1. The summed E-state index contributed by atoms with van der Waals surface area (Å²) in [7, 11) is 0. The number of thiophene rings is 1. The van der Waals surface area contributed by atoms with E-state index < -0.39 is 5.60 Å². The maximum Gasteiger partial charge on any atom is 0.191 e. The number of nitrogens with zero attached hydrogens (tertiary/aromatic N) is 1. The molecule has 6 heteroatoms. The fraction of sp³-hybridized carbons (Fsp3) is 0.522. The fourth-order valence-electron chi connectivity index (χ4n) is 3.64. The Kier molecular flexibility index (Phi) is 7.70. The maximum absolute atomic E-state index is 10.7. The van der Waals surface area contributed by atoms with Crippen molar-refractivity contribution >= 4 is 17.3 Å². The Bertz CT molecular complexity index is 772. The van der Waals surface area contributed by atoms with E-state index in [4.69, 9.17) is 4.74 Å². The van der Waals surface area contributed by atoms with Gasteiger partial charge in [-0.3, -0.25) is 0 Å². The first kappa shape index (κ1) is 21.8. The molecule has 158 valence electrons. The van der Waals surface area contributed by atoms with Crippen molar-refractivity contribution in [2.75, 3.05) is 26.2 Å². The highest BCUT2D eigenvalue weighted by Crippen LogP contribution is 2.33. The van der Waals surface area contributed by atoms with Gasteiger partial charge in [0.1, 0.15) is 5.60 Å². The van der Waals surface area contributed by atoms with Crippen LogP contribution in [-0.2, 0) is 10.3 Å². The van der Waals surface area contributed by atoms with Gasteiger partial charge in [0.05, 0.1) is 12.6 Å². The second-order valence-electron chi connectivity index (χ2n) is 7.97. The molecule has 1 saturated heterocycles. The Morgan fingerprint density at radius 3 is 2.76 bits per heavy atom. The molecule has 3 N–H and O–H groups in total. The molecule has 1 aliphatic heterocycles. The zero-order valence-electron chi connectivity index (χ0n) is 17.6. The quantitative estimate of drug-likeness (QED) is 0.473. The number of guanidine groups is 1. The molecule has 1 aromatic heterocycles. The number of aryl methyl sites for hydroxylation is 1. The Balaban J connectivity index is 1.64. The number of hydrogen-bond acceptors (Lipinski definition) is 4. The lowest BCUT2D eigenvalue weighted by Gasteiger charge is -2.33. The summed E-state index contributed by atoms with van der Waals surface area (Å²) < 4.78 is 6.13. The summed E-state index contributed by atoms with van der Waals surface area (Å²) in [5.41, 5.74) is 2.44. The van der Waals surface area contributed by atoms with Crippen LogP contribution in [-0.4, -0.2) is 37.3 Å². The van der Waals surface area contributed by atoms with Crippen molar-refractivity contribution < 1.29 is 9.84 Å². The molecule has 3 unspecified atom stereocenters. The second kappa shape index (κ2) is 10.2. The summed E-state index contributed by atoms with van der Waals surface area (Å²) in [5.74, 6) is 1.11. The Hall–Kier alpha value is -1.89. The van der Waals surface area contributed by atoms with E-state index in [-0.39, 0.29) is 6.10 Å². The number of hydrogen-bond donors (Lipinski definition) is 3. The van der Waals surface area contributed by atoms with E-state index in [0.29, 0.717) is 12.5 Å². The molecular weight excluding hydrogens is 382 g/mol. The molecule has 0 aliphatic carbocycles. The van der Waals surface area contributed by atoms with E-state index in [2.05, 4.69) is 46.8 Å². The number of aliphatic hydroxyl groups is 1. The van der Waals surface area contributed by atoms with Crippen LogP contribution in [0.5, 0.6) is 0 Å². The largest absolute Gasteiger partial charge is 0.383 e. The van der Waals surface area contributed by atoms with Gasteiger partial charge in [-0.2, -0.15) is 11.3 Å². The lowest BCUT2D eigenvalue weighted by molar-refractivity contribution is -0.0265. The van der Waals surface area contributed by atoms with Crippen LogP contribution in [0.25, 0.3) is 0 Å². The van der Waals surface area contributed by atoms with Gasteiger partial charge in [-0.15, -0.1) is 0 Å². The molecule has 2 aromatic rings. The summed E-state index contributed by atoms with van der Waals surface area (Å²) >= 11 is 1.59. The van der Waals surface area contributed by atoms with Gasteiger partial charge in [-0.05, 0) is 61.6 Å². The third-order valence-electron chi connectivity index (χ3n) is 5.41. The predicted molar refractivity (Wildman–Crippen MR) is 120 cm³/mol. The maximum atomic E-state index is 10.7. The Morgan fingerprint density at radius 2 is 2.07 bits per heavy atom. The van der Waals surface area contributed by atoms with Gasteiger partial charge in [-0.25, -0.2) is 4.99 Å². The monoisotopic (exact) mass is 415 g/mol. The zero-order chi connectivity index (χ0) is 20.7. The molecule has 0 radical (unpaired) electrons. The number of benzene rings is 1. The van der Waals surface area contributed by atoms with Gasteiger partial charge in [0.2, 0.25) is 0 Å². The molecule has 0 spiro atoms. The minimum atomic E-state index is -0.971. The van der Waals surface area contributed by atoms with Crippen LogP contribution < -0.4 is 10.6 Å². The standard InChI is InChI=1S/C23H33N3O2S/c1-4-24-22(26-16-23(3,27)20-11-13-29-15-20)25-14-19-6-5-12-28-21(19)18-9-7-17(2)8-10-18/h7-11,13,15,19,21,27H,4-6,12,14,16H2,1-3H3,(H2,24,25,26). The fourth-order valence-corrected chi connectivity index (χ4v) is 4.42. The van der Waals surface area contributed by atoms with Crippen molar-refractivity contribution in [1.29, 1.82) is 0 Å². The highest BCUT2D eigenvalue weighted by atomic mass is 32.1. The van der Waals surface area contributed by atoms with Crippen LogP contribution in [0.1, 0.15) is 49.5 Å². The average molecular weight is 416 g/mol. The van der Waals surface area contributed by atoms with E-state index in [9.17, 15) is 5.11 Å². The van der Waals surface area contributed by atoms with Crippen molar-refractivity contribution in [3.8, 4) is 0 Å². The highest BCUT2D eigenvalue weighted by Gasteiger charge is 2.28. The van der Waals surface area contributed by atoms with E-state index >= 15 is 0 Å². The summed E-state index contributed by atoms with van der Waals surface area (Å²) in [6.07, 6.45) is 2.31. The molecule has 0 amide bonds. The van der Waals surface area contributed by atoms with E-state index in [1.54, 1.807) is 11.3 Å². The number of ether oxygens (including phenoxy) is 1. The lowest BCUT2D eigenvalue weighted by Crippen LogP contribution is -2.42. The zero-order valence-corrected chi connectivity index (χ0v) is 18.5. The van der Waals surface area contributed by atoms with E-state index in [0.717, 1.165) is 44.1 Å². The first-order chi connectivity index (χ1) is 14.0. The first-order valence-electron chi connectivity index (χ1n) is 10.4. The van der Waals surface area contributed by atoms with Crippen LogP contribution in [0, 0.1) is 12.8 Å². The number of aliphatic imine (C=N–C) groups is 1. The molecule has 3 atom stereocenters. The summed E-state index contributed by atoms with van der Waals surface area (Å²) in [6.45, 7) is 8.64. The smallest absolute Gasteiger partial charge is 0.191 e. The molecule has 0 saturated carbocycles. The third kappa shape index (κ3) is 6.04. The van der Waals surface area contributed by atoms with Gasteiger partial charge in [0.25, 0.3) is 0 Å². The van der Waals surface area contributed by atoms with Gasteiger partial charge in [0.15, 0.2) is 5.96 Å². The molecule has 1 aromatic carbocycles. The van der Waals surface area contributed by atoms with Crippen molar-refractivity contribution in [3.05, 3.63) is 57.8 Å². The van der Waals surface area contributed by atoms with Crippen LogP contribution in [0.2, 0.25) is 0 Å². The molecule has 0 bridgehead atoms. The highest BCUT2D eigenvalue weighted by molar-refractivity contribution is 7.08. The lowest BCUT2D eigenvalue weighted by atomic mass is 9.89. The van der Waals surface area contributed by atoms with Crippen molar-refractivity contribution in [2.45, 2.75) is 45.3 Å². The predicted octanol–water partition coefficient (Wildman–Crippen LogP) is 3.99. The minimum absolute atomic E-state index is 0.105. The molecule has 29 heavy (non-hydrogen) atoms. The molecular formula is C23H33N3O2S. The molecule has 2 heterocycles. The van der Waals surface area contributed by atoms with E-state index in [1.807, 2.05) is 30.7 Å². The van der Waals surface area contributed by atoms with Gasteiger partial charge >= 0.3 is 0 Å². The Labute approximate surface area is 178 Å². The van der Waals surface area contributed by atoms with Crippen LogP contribution in [0.3, 0.4) is 0 Å². The summed E-state index contributed by atoms with van der Waals surface area (Å²) in [5, 5.41) is 21.5. The topological polar surface area (TPSA) is 65.9 Å². The van der Waals surface area contributed by atoms with Gasteiger partial charge in [-0.1, -0.05) is 29.8 Å². The SMILES string of the molecule is CCNC(=NCC(C)(O)c1ccsc1)NCC1CCCOC1c1ccc(C)cc1. The number of nitrogens with one attached hydrogen (secondary N) is 2. The Morgan fingerprint density at radius 1 is 1.28 bits per heavy atom.